The molecule has 0 N–H and O–H groups in total. The first-order chi connectivity index (χ1) is 15.4. The quantitative estimate of drug-likeness (QED) is 0.555. The lowest BCUT2D eigenvalue weighted by atomic mass is 9.72. The molecular formula is C27H26N4O. The molecule has 160 valence electrons. The van der Waals surface area contributed by atoms with Crippen molar-refractivity contribution in [2.75, 3.05) is 5.01 Å². The van der Waals surface area contributed by atoms with Gasteiger partial charge in [0.25, 0.3) is 5.91 Å². The maximum Gasteiger partial charge on any atom is 0.276 e. The molecule has 2 aliphatic heterocycles. The first kappa shape index (κ1) is 20.2. The van der Waals surface area contributed by atoms with E-state index < -0.39 is 11.1 Å². The zero-order chi connectivity index (χ0) is 22.3. The minimum atomic E-state index is -0.795. The largest absolute Gasteiger partial charge is 0.276 e. The molecule has 0 aromatic heterocycles. The van der Waals surface area contributed by atoms with E-state index in [1.807, 2.05) is 90.8 Å². The van der Waals surface area contributed by atoms with Crippen LogP contribution in [0.4, 0.5) is 5.69 Å². The van der Waals surface area contributed by atoms with Crippen LogP contribution in [0.1, 0.15) is 43.1 Å². The van der Waals surface area contributed by atoms with Crippen molar-refractivity contribution in [1.82, 2.24) is 5.01 Å². The molecule has 32 heavy (non-hydrogen) atoms. The van der Waals surface area contributed by atoms with Gasteiger partial charge < -0.3 is 0 Å². The topological polar surface area (TPSA) is 48.3 Å². The van der Waals surface area contributed by atoms with Crippen LogP contribution >= 0.6 is 0 Å². The fourth-order valence-electron chi connectivity index (χ4n) is 4.66. The maximum atomic E-state index is 13.8. The maximum absolute atomic E-state index is 13.8. The lowest BCUT2D eigenvalue weighted by molar-refractivity contribution is 0.0358. The lowest BCUT2D eigenvalue weighted by Crippen LogP contribution is -2.63. The van der Waals surface area contributed by atoms with Crippen LogP contribution in [0, 0.1) is 5.41 Å². The second-order valence-corrected chi connectivity index (χ2v) is 8.85. The van der Waals surface area contributed by atoms with Gasteiger partial charge in [-0.05, 0) is 36.8 Å². The zero-order valence-corrected chi connectivity index (χ0v) is 18.6. The minimum Gasteiger partial charge on any atom is -0.267 e. The van der Waals surface area contributed by atoms with Crippen molar-refractivity contribution < 1.29 is 4.79 Å². The molecule has 5 rings (SSSR count). The molecular weight excluding hydrogens is 396 g/mol. The van der Waals surface area contributed by atoms with Gasteiger partial charge in [-0.2, -0.15) is 10.2 Å². The summed E-state index contributed by atoms with van der Waals surface area (Å²) in [6.07, 6.45) is 0.568. The van der Waals surface area contributed by atoms with Gasteiger partial charge in [0, 0.05) is 17.7 Å². The van der Waals surface area contributed by atoms with Crippen molar-refractivity contribution in [2.24, 2.45) is 15.6 Å². The number of rotatable bonds is 3. The Kier molecular flexibility index (Phi) is 4.70. The molecule has 0 saturated heterocycles. The van der Waals surface area contributed by atoms with Crippen molar-refractivity contribution in [3.8, 4) is 0 Å². The molecule has 5 heteroatoms. The Labute approximate surface area is 188 Å². The van der Waals surface area contributed by atoms with Crippen molar-refractivity contribution in [2.45, 2.75) is 32.9 Å². The summed E-state index contributed by atoms with van der Waals surface area (Å²) in [7, 11) is 0. The van der Waals surface area contributed by atoms with Gasteiger partial charge in [0.05, 0.1) is 16.8 Å². The third-order valence-electron chi connectivity index (χ3n) is 6.81. The Morgan fingerprint density at radius 1 is 0.812 bits per heavy atom. The van der Waals surface area contributed by atoms with Crippen molar-refractivity contribution in [3.05, 3.63) is 102 Å². The van der Waals surface area contributed by atoms with Crippen LogP contribution in [0.3, 0.4) is 0 Å². The van der Waals surface area contributed by atoms with E-state index in [4.69, 9.17) is 10.2 Å². The summed E-state index contributed by atoms with van der Waals surface area (Å²) in [5.74, 6) is -0.124. The van der Waals surface area contributed by atoms with Crippen LogP contribution in [-0.4, -0.2) is 28.0 Å². The second-order valence-electron chi connectivity index (χ2n) is 8.85. The molecule has 3 aromatic carbocycles. The summed E-state index contributed by atoms with van der Waals surface area (Å²) in [6.45, 7) is 6.32. The molecule has 2 heterocycles. The summed E-state index contributed by atoms with van der Waals surface area (Å²) in [5.41, 5.74) is 3.22. The molecule has 0 fully saturated rings. The Bertz CT molecular complexity index is 1200. The number of hydrogen-bond donors (Lipinski definition) is 0. The number of anilines is 1. The summed E-state index contributed by atoms with van der Waals surface area (Å²) in [5, 5.41) is 13.6. The first-order valence-electron chi connectivity index (χ1n) is 10.9. The van der Waals surface area contributed by atoms with E-state index >= 15 is 0 Å². The van der Waals surface area contributed by atoms with Crippen LogP contribution in [0.15, 0.2) is 101 Å². The van der Waals surface area contributed by atoms with E-state index in [1.165, 1.54) is 0 Å². The van der Waals surface area contributed by atoms with Crippen molar-refractivity contribution >= 4 is 23.0 Å². The minimum absolute atomic E-state index is 0.124. The Morgan fingerprint density at radius 3 is 2.00 bits per heavy atom. The van der Waals surface area contributed by atoms with Crippen molar-refractivity contribution in [3.63, 3.8) is 0 Å². The number of hydrazone groups is 2. The standard InChI is InChI=1S/C27H26N4O/c1-20-26(2,3)27(31(28-20)25(32)22-15-9-5-10-16-22)19-24(21-13-7-4-8-14-21)29-30(27)23-17-11-6-12-18-23/h4-18H,19H2,1-3H3. The van der Waals surface area contributed by atoms with Gasteiger partial charge in [0.1, 0.15) is 0 Å². The molecule has 0 aliphatic carbocycles. The molecule has 1 spiro atoms. The molecule has 0 bridgehead atoms. The molecule has 0 radical (unpaired) electrons. The first-order valence-corrected chi connectivity index (χ1v) is 10.9. The third-order valence-corrected chi connectivity index (χ3v) is 6.81. The van der Waals surface area contributed by atoms with Gasteiger partial charge in [-0.1, -0.05) is 80.6 Å². The van der Waals surface area contributed by atoms with Gasteiger partial charge in [-0.25, -0.2) is 10.0 Å². The molecule has 1 amide bonds. The molecule has 2 aliphatic rings. The number of nitrogens with zero attached hydrogens (tertiary/aromatic N) is 4. The number of para-hydroxylation sites is 1. The Balaban J connectivity index is 1.70. The summed E-state index contributed by atoms with van der Waals surface area (Å²) < 4.78 is 0. The van der Waals surface area contributed by atoms with Crippen LogP contribution in [-0.2, 0) is 0 Å². The lowest BCUT2D eigenvalue weighted by Gasteiger charge is -2.47. The fourth-order valence-corrected chi connectivity index (χ4v) is 4.66. The number of amides is 1. The van der Waals surface area contributed by atoms with Gasteiger partial charge in [-0.15, -0.1) is 0 Å². The fraction of sp³-hybridized carbons (Fsp3) is 0.222. The average molecular weight is 423 g/mol. The van der Waals surface area contributed by atoms with Gasteiger partial charge in [0.15, 0.2) is 5.66 Å². The average Bonchev–Trinajstić information content (AvgIpc) is 3.33. The highest BCUT2D eigenvalue weighted by molar-refractivity contribution is 6.08. The Hall–Kier alpha value is -3.73. The highest BCUT2D eigenvalue weighted by Crippen LogP contribution is 2.53. The number of carbonyl (C=O) groups is 1. The second kappa shape index (κ2) is 7.45. The van der Waals surface area contributed by atoms with Crippen LogP contribution in [0.2, 0.25) is 0 Å². The summed E-state index contributed by atoms with van der Waals surface area (Å²) >= 11 is 0. The molecule has 5 nitrogen and oxygen atoms in total. The van der Waals surface area contributed by atoms with E-state index in [0.29, 0.717) is 12.0 Å². The monoisotopic (exact) mass is 422 g/mol. The van der Waals surface area contributed by atoms with Gasteiger partial charge in [0.2, 0.25) is 0 Å². The summed E-state index contributed by atoms with van der Waals surface area (Å²) in [6, 6.07) is 29.6. The smallest absolute Gasteiger partial charge is 0.267 e. The number of hydrogen-bond acceptors (Lipinski definition) is 4. The van der Waals surface area contributed by atoms with Gasteiger partial charge in [-0.3, -0.25) is 4.79 Å². The normalized spacial score (nSPS) is 21.6. The van der Waals surface area contributed by atoms with Gasteiger partial charge >= 0.3 is 0 Å². The molecule has 1 atom stereocenters. The Morgan fingerprint density at radius 2 is 1.38 bits per heavy atom. The third kappa shape index (κ3) is 2.88. The molecule has 3 aromatic rings. The van der Waals surface area contributed by atoms with E-state index in [-0.39, 0.29) is 5.91 Å². The van der Waals surface area contributed by atoms with Crippen LogP contribution < -0.4 is 5.01 Å². The SMILES string of the molecule is CC1=NN(C(=O)c2ccccc2)C2(CC(c3ccccc3)=NN2c2ccccc2)C1(C)C. The number of carbonyl (C=O) groups excluding carboxylic acids is 1. The molecule has 1 unspecified atom stereocenters. The van der Waals surface area contributed by atoms with Crippen molar-refractivity contribution in [1.29, 1.82) is 0 Å². The number of benzene rings is 3. The van der Waals surface area contributed by atoms with E-state index in [0.717, 1.165) is 22.7 Å². The highest BCUT2D eigenvalue weighted by Gasteiger charge is 2.64. The van der Waals surface area contributed by atoms with E-state index in [9.17, 15) is 4.79 Å². The summed E-state index contributed by atoms with van der Waals surface area (Å²) in [4.78, 5) is 13.8. The van der Waals surface area contributed by atoms with Crippen LogP contribution in [0.5, 0.6) is 0 Å². The predicted molar refractivity (Wildman–Crippen MR) is 129 cm³/mol. The van der Waals surface area contributed by atoms with E-state index in [2.05, 4.69) is 26.0 Å². The van der Waals surface area contributed by atoms with E-state index in [1.54, 1.807) is 5.01 Å². The highest BCUT2D eigenvalue weighted by atomic mass is 16.2. The predicted octanol–water partition coefficient (Wildman–Crippen LogP) is 5.56. The van der Waals surface area contributed by atoms with Crippen LogP contribution in [0.25, 0.3) is 0 Å². The zero-order valence-electron chi connectivity index (χ0n) is 18.6. The molecule has 0 saturated carbocycles.